The van der Waals surface area contributed by atoms with Crippen molar-refractivity contribution in [3.05, 3.63) is 77.7 Å². The summed E-state index contributed by atoms with van der Waals surface area (Å²) in [6.07, 6.45) is 1.08. The van der Waals surface area contributed by atoms with Gasteiger partial charge in [-0.2, -0.15) is 5.10 Å². The molecule has 0 fully saturated rings. The number of hydrogen-bond donors (Lipinski definition) is 1. The molecule has 0 aliphatic carbocycles. The smallest absolute Gasteiger partial charge is 0.230 e. The van der Waals surface area contributed by atoms with Crippen molar-refractivity contribution in [1.29, 1.82) is 0 Å². The lowest BCUT2D eigenvalue weighted by molar-refractivity contribution is -0.115. The van der Waals surface area contributed by atoms with Gasteiger partial charge in [-0.15, -0.1) is 0 Å². The maximum absolute atomic E-state index is 13.6. The van der Waals surface area contributed by atoms with E-state index in [0.29, 0.717) is 12.1 Å². The fraction of sp³-hybridized carbons (Fsp3) is 0.0588. The van der Waals surface area contributed by atoms with Crippen LogP contribution in [0.5, 0.6) is 0 Å². The van der Waals surface area contributed by atoms with E-state index < -0.39 is 35.3 Å². The molecular formula is C17H12F3N3O. The van der Waals surface area contributed by atoms with Crippen molar-refractivity contribution in [3.8, 4) is 5.69 Å². The highest BCUT2D eigenvalue weighted by molar-refractivity contribution is 5.91. The first-order chi connectivity index (χ1) is 11.5. The topological polar surface area (TPSA) is 46.9 Å². The van der Waals surface area contributed by atoms with Crippen LogP contribution in [0.25, 0.3) is 5.69 Å². The number of carbonyl (C=O) groups excluding carboxylic acids is 1. The van der Waals surface area contributed by atoms with Crippen LogP contribution in [0.2, 0.25) is 0 Å². The second-order valence-corrected chi connectivity index (χ2v) is 5.05. The molecule has 3 rings (SSSR count). The molecular weight excluding hydrogens is 319 g/mol. The Bertz CT molecular complexity index is 855. The minimum absolute atomic E-state index is 0.242. The molecule has 0 saturated heterocycles. The number of halogens is 3. The van der Waals surface area contributed by atoms with Gasteiger partial charge in [0.1, 0.15) is 17.5 Å². The Balaban J connectivity index is 1.71. The van der Waals surface area contributed by atoms with E-state index in [1.54, 1.807) is 16.9 Å². The first-order valence-corrected chi connectivity index (χ1v) is 7.07. The molecule has 1 amide bonds. The van der Waals surface area contributed by atoms with Crippen molar-refractivity contribution in [2.45, 2.75) is 6.42 Å². The molecule has 7 heteroatoms. The lowest BCUT2D eigenvalue weighted by Crippen LogP contribution is -2.17. The number of nitrogens with one attached hydrogen (secondary N) is 1. The van der Waals surface area contributed by atoms with Gasteiger partial charge in [0.2, 0.25) is 5.91 Å². The summed E-state index contributed by atoms with van der Waals surface area (Å²) in [7, 11) is 0. The molecule has 0 radical (unpaired) electrons. The van der Waals surface area contributed by atoms with Crippen molar-refractivity contribution in [1.82, 2.24) is 9.78 Å². The number of para-hydroxylation sites is 1. The van der Waals surface area contributed by atoms with Gasteiger partial charge in [-0.25, -0.2) is 17.9 Å². The summed E-state index contributed by atoms with van der Waals surface area (Å²) in [5.41, 5.74) is 0.310. The Morgan fingerprint density at radius 2 is 1.71 bits per heavy atom. The molecule has 3 aromatic rings. The monoisotopic (exact) mass is 331 g/mol. The van der Waals surface area contributed by atoms with Crippen LogP contribution in [0, 0.1) is 17.5 Å². The van der Waals surface area contributed by atoms with E-state index in [9.17, 15) is 18.0 Å². The Kier molecular flexibility index (Phi) is 4.33. The minimum Gasteiger partial charge on any atom is -0.309 e. The molecule has 0 spiro atoms. The van der Waals surface area contributed by atoms with E-state index in [1.165, 1.54) is 0 Å². The summed E-state index contributed by atoms with van der Waals surface area (Å²) >= 11 is 0. The van der Waals surface area contributed by atoms with Gasteiger partial charge in [-0.1, -0.05) is 18.2 Å². The average molecular weight is 331 g/mol. The van der Waals surface area contributed by atoms with E-state index in [0.717, 1.165) is 5.69 Å². The summed E-state index contributed by atoms with van der Waals surface area (Å²) < 4.78 is 41.5. The zero-order valence-corrected chi connectivity index (χ0v) is 12.3. The summed E-state index contributed by atoms with van der Waals surface area (Å²) in [5, 5.41) is 6.61. The van der Waals surface area contributed by atoms with Gasteiger partial charge in [0.05, 0.1) is 12.1 Å². The summed E-state index contributed by atoms with van der Waals surface area (Å²) in [5.74, 6) is -3.64. The summed E-state index contributed by atoms with van der Waals surface area (Å²) in [4.78, 5) is 11.9. The largest absolute Gasteiger partial charge is 0.309 e. The first kappa shape index (κ1) is 15.8. The third kappa shape index (κ3) is 3.45. The highest BCUT2D eigenvalue weighted by Gasteiger charge is 2.16. The van der Waals surface area contributed by atoms with Gasteiger partial charge in [0.25, 0.3) is 0 Å². The first-order valence-electron chi connectivity index (χ1n) is 7.07. The molecule has 0 aliphatic heterocycles. The number of nitrogens with zero attached hydrogens (tertiary/aromatic N) is 2. The van der Waals surface area contributed by atoms with Crippen LogP contribution in [0.4, 0.5) is 19.0 Å². The number of hydrogen-bond acceptors (Lipinski definition) is 2. The number of rotatable bonds is 4. The van der Waals surface area contributed by atoms with Crippen LogP contribution in [0.3, 0.4) is 0 Å². The predicted molar refractivity (Wildman–Crippen MR) is 82.2 cm³/mol. The van der Waals surface area contributed by atoms with Crippen LogP contribution in [-0.2, 0) is 11.2 Å². The molecule has 24 heavy (non-hydrogen) atoms. The average Bonchev–Trinajstić information content (AvgIpc) is 3.00. The van der Waals surface area contributed by atoms with Crippen molar-refractivity contribution < 1.29 is 18.0 Å². The van der Waals surface area contributed by atoms with Crippen molar-refractivity contribution in [2.75, 3.05) is 5.32 Å². The van der Waals surface area contributed by atoms with Crippen molar-refractivity contribution in [3.63, 3.8) is 0 Å². The normalized spacial score (nSPS) is 10.6. The molecule has 4 nitrogen and oxygen atoms in total. The fourth-order valence-electron chi connectivity index (χ4n) is 2.20. The van der Waals surface area contributed by atoms with Crippen molar-refractivity contribution in [2.24, 2.45) is 0 Å². The van der Waals surface area contributed by atoms with Gasteiger partial charge < -0.3 is 5.32 Å². The zero-order valence-electron chi connectivity index (χ0n) is 12.3. The third-order valence-corrected chi connectivity index (χ3v) is 3.32. The van der Waals surface area contributed by atoms with Crippen molar-refractivity contribution >= 4 is 11.7 Å². The molecule has 0 saturated carbocycles. The quantitative estimate of drug-likeness (QED) is 0.796. The fourth-order valence-corrected chi connectivity index (χ4v) is 2.20. The highest BCUT2D eigenvalue weighted by atomic mass is 19.1. The number of anilines is 1. The Hall–Kier alpha value is -3.09. The molecule has 2 aromatic carbocycles. The number of aromatic nitrogens is 2. The number of carbonyl (C=O) groups is 1. The van der Waals surface area contributed by atoms with E-state index >= 15 is 0 Å². The molecule has 0 atom stereocenters. The van der Waals surface area contributed by atoms with Crippen LogP contribution in [0.15, 0.2) is 54.7 Å². The SMILES string of the molecule is O=C(Cc1c(F)cc(F)cc1F)Nc1ccn(-c2ccccc2)n1. The third-order valence-electron chi connectivity index (χ3n) is 3.32. The second kappa shape index (κ2) is 6.57. The molecule has 0 aliphatic rings. The summed E-state index contributed by atoms with van der Waals surface area (Å²) in [6, 6.07) is 11.9. The number of amides is 1. The Morgan fingerprint density at radius 1 is 1.04 bits per heavy atom. The Morgan fingerprint density at radius 3 is 2.38 bits per heavy atom. The van der Waals surface area contributed by atoms with Gasteiger partial charge in [0, 0.05) is 30.0 Å². The van der Waals surface area contributed by atoms with Gasteiger partial charge in [0.15, 0.2) is 5.82 Å². The number of benzene rings is 2. The second-order valence-electron chi connectivity index (χ2n) is 5.05. The van der Waals surface area contributed by atoms with Crippen LogP contribution < -0.4 is 5.32 Å². The maximum atomic E-state index is 13.6. The molecule has 122 valence electrons. The molecule has 1 N–H and O–H groups in total. The van der Waals surface area contributed by atoms with E-state index in [-0.39, 0.29) is 5.82 Å². The minimum atomic E-state index is -1.10. The van der Waals surface area contributed by atoms with E-state index in [4.69, 9.17) is 0 Å². The molecule has 0 unspecified atom stereocenters. The lowest BCUT2D eigenvalue weighted by Gasteiger charge is -2.05. The van der Waals surface area contributed by atoms with Gasteiger partial charge in [-0.3, -0.25) is 4.79 Å². The lowest BCUT2D eigenvalue weighted by atomic mass is 10.1. The maximum Gasteiger partial charge on any atom is 0.230 e. The summed E-state index contributed by atoms with van der Waals surface area (Å²) in [6.45, 7) is 0. The van der Waals surface area contributed by atoms with Gasteiger partial charge >= 0.3 is 0 Å². The van der Waals surface area contributed by atoms with Crippen LogP contribution in [-0.4, -0.2) is 15.7 Å². The molecule has 1 heterocycles. The highest BCUT2D eigenvalue weighted by Crippen LogP contribution is 2.16. The standard InChI is InChI=1S/C17H12F3N3O/c18-11-8-14(19)13(15(20)9-11)10-17(24)21-16-6-7-23(22-16)12-4-2-1-3-5-12/h1-9H,10H2,(H,21,22,24). The van der Waals surface area contributed by atoms with E-state index in [2.05, 4.69) is 10.4 Å². The van der Waals surface area contributed by atoms with E-state index in [1.807, 2.05) is 30.3 Å². The molecule has 0 bridgehead atoms. The Labute approximate surface area is 135 Å². The molecule has 1 aromatic heterocycles. The predicted octanol–water partition coefficient (Wildman–Crippen LogP) is 3.47. The van der Waals surface area contributed by atoms with Crippen LogP contribution in [0.1, 0.15) is 5.56 Å². The van der Waals surface area contributed by atoms with Gasteiger partial charge in [-0.05, 0) is 12.1 Å². The van der Waals surface area contributed by atoms with Crippen LogP contribution >= 0.6 is 0 Å². The zero-order chi connectivity index (χ0) is 17.1.